The molecule has 1 spiro atoms. The molecule has 0 amide bonds. The van der Waals surface area contributed by atoms with Gasteiger partial charge in [0.15, 0.2) is 5.79 Å². The van der Waals surface area contributed by atoms with E-state index in [1.165, 1.54) is 0 Å². The van der Waals surface area contributed by atoms with Crippen LogP contribution < -0.4 is 0 Å². The van der Waals surface area contributed by atoms with Crippen LogP contribution in [0.5, 0.6) is 0 Å². The Bertz CT molecular complexity index is 402. The third kappa shape index (κ3) is 2.50. The summed E-state index contributed by atoms with van der Waals surface area (Å²) in [4.78, 5) is 0. The fraction of sp³-hybridized carbons (Fsp3) is 0.733. The maximum absolute atomic E-state index is 11.0. The second-order valence-electron chi connectivity index (χ2n) is 6.26. The SMILES string of the molecule is CC1=CC2(CC(C)(C)[C@@]1(O)/C=C\[C@H](C)O)OCCO2. The van der Waals surface area contributed by atoms with E-state index in [0.717, 1.165) is 5.57 Å². The number of rotatable bonds is 2. The first-order valence-corrected chi connectivity index (χ1v) is 6.78. The van der Waals surface area contributed by atoms with Crippen LogP contribution in [0.25, 0.3) is 0 Å². The van der Waals surface area contributed by atoms with Crippen LogP contribution in [0.1, 0.15) is 34.1 Å². The fourth-order valence-corrected chi connectivity index (χ4v) is 3.07. The van der Waals surface area contributed by atoms with E-state index in [9.17, 15) is 10.2 Å². The Morgan fingerprint density at radius 2 is 1.89 bits per heavy atom. The Hall–Kier alpha value is -0.680. The zero-order valence-corrected chi connectivity index (χ0v) is 12.1. The zero-order valence-electron chi connectivity index (χ0n) is 12.1. The lowest BCUT2D eigenvalue weighted by Gasteiger charge is -2.49. The molecule has 4 nitrogen and oxygen atoms in total. The van der Waals surface area contributed by atoms with Crippen LogP contribution in [0.4, 0.5) is 0 Å². The minimum atomic E-state index is -1.09. The molecule has 1 heterocycles. The average Bonchev–Trinajstić information content (AvgIpc) is 2.71. The van der Waals surface area contributed by atoms with Crippen molar-refractivity contribution >= 4 is 0 Å². The highest BCUT2D eigenvalue weighted by Crippen LogP contribution is 2.50. The molecule has 2 aliphatic rings. The highest BCUT2D eigenvalue weighted by Gasteiger charge is 2.54. The van der Waals surface area contributed by atoms with Gasteiger partial charge in [0.2, 0.25) is 0 Å². The average molecular weight is 268 g/mol. The topological polar surface area (TPSA) is 58.9 Å². The van der Waals surface area contributed by atoms with Gasteiger partial charge in [0.25, 0.3) is 0 Å². The van der Waals surface area contributed by atoms with Crippen LogP contribution in [0.3, 0.4) is 0 Å². The van der Waals surface area contributed by atoms with E-state index in [4.69, 9.17) is 9.47 Å². The molecule has 1 fully saturated rings. The second-order valence-corrected chi connectivity index (χ2v) is 6.26. The van der Waals surface area contributed by atoms with Crippen LogP contribution in [-0.4, -0.2) is 40.9 Å². The molecule has 0 saturated carbocycles. The Kier molecular flexibility index (Phi) is 3.64. The van der Waals surface area contributed by atoms with Crippen molar-refractivity contribution in [2.45, 2.75) is 51.6 Å². The number of aliphatic hydroxyl groups excluding tert-OH is 1. The summed E-state index contributed by atoms with van der Waals surface area (Å²) in [6.45, 7) is 8.69. The summed E-state index contributed by atoms with van der Waals surface area (Å²) >= 11 is 0. The van der Waals surface area contributed by atoms with E-state index in [-0.39, 0.29) is 0 Å². The van der Waals surface area contributed by atoms with Gasteiger partial charge in [-0.3, -0.25) is 0 Å². The maximum atomic E-state index is 11.0. The third-order valence-corrected chi connectivity index (χ3v) is 4.15. The first-order valence-electron chi connectivity index (χ1n) is 6.78. The quantitative estimate of drug-likeness (QED) is 0.749. The van der Waals surface area contributed by atoms with Crippen molar-refractivity contribution in [2.24, 2.45) is 5.41 Å². The van der Waals surface area contributed by atoms with Gasteiger partial charge in [0.1, 0.15) is 5.60 Å². The summed E-state index contributed by atoms with van der Waals surface area (Å²) in [7, 11) is 0. The normalized spacial score (nSPS) is 34.7. The molecule has 0 unspecified atom stereocenters. The maximum Gasteiger partial charge on any atom is 0.188 e. The van der Waals surface area contributed by atoms with Crippen LogP contribution in [-0.2, 0) is 9.47 Å². The predicted molar refractivity (Wildman–Crippen MR) is 72.6 cm³/mol. The lowest BCUT2D eigenvalue weighted by atomic mass is 9.63. The van der Waals surface area contributed by atoms with E-state index in [1.54, 1.807) is 19.1 Å². The molecule has 2 rings (SSSR count). The van der Waals surface area contributed by atoms with Crippen LogP contribution >= 0.6 is 0 Å². The van der Waals surface area contributed by atoms with Gasteiger partial charge in [0, 0.05) is 11.8 Å². The van der Waals surface area contributed by atoms with Crippen LogP contribution in [0.15, 0.2) is 23.8 Å². The summed E-state index contributed by atoms with van der Waals surface area (Å²) in [5, 5.41) is 20.4. The Labute approximate surface area is 114 Å². The number of aliphatic hydroxyl groups is 2. The molecule has 0 bridgehead atoms. The molecule has 0 radical (unpaired) electrons. The molecule has 1 saturated heterocycles. The molecule has 4 heteroatoms. The van der Waals surface area contributed by atoms with E-state index in [1.807, 2.05) is 26.8 Å². The Balaban J connectivity index is 2.39. The van der Waals surface area contributed by atoms with E-state index < -0.39 is 22.9 Å². The van der Waals surface area contributed by atoms with Gasteiger partial charge in [-0.15, -0.1) is 0 Å². The minimum Gasteiger partial charge on any atom is -0.389 e. The highest BCUT2D eigenvalue weighted by molar-refractivity contribution is 5.34. The monoisotopic (exact) mass is 268 g/mol. The van der Waals surface area contributed by atoms with Crippen molar-refractivity contribution in [3.63, 3.8) is 0 Å². The van der Waals surface area contributed by atoms with Crippen molar-refractivity contribution in [3.8, 4) is 0 Å². The molecule has 1 aliphatic carbocycles. The standard InChI is InChI=1S/C15H24O4/c1-11-9-14(18-7-8-19-14)10-13(3,4)15(11,17)6-5-12(2)16/h5-6,9,12,16-17H,7-8,10H2,1-4H3/b6-5-/t12-,15+/m0/s1. The molecule has 2 atom stereocenters. The van der Waals surface area contributed by atoms with Gasteiger partial charge in [-0.1, -0.05) is 19.9 Å². The van der Waals surface area contributed by atoms with Gasteiger partial charge in [-0.05, 0) is 31.6 Å². The first-order chi connectivity index (χ1) is 8.71. The van der Waals surface area contributed by atoms with Gasteiger partial charge < -0.3 is 19.7 Å². The first kappa shape index (κ1) is 14.7. The smallest absolute Gasteiger partial charge is 0.188 e. The van der Waals surface area contributed by atoms with Crippen LogP contribution in [0, 0.1) is 5.41 Å². The number of ether oxygens (including phenoxy) is 2. The summed E-state index contributed by atoms with van der Waals surface area (Å²) in [5.41, 5.74) is -0.742. The zero-order chi connectivity index (χ0) is 14.3. The second kappa shape index (κ2) is 4.70. The summed E-state index contributed by atoms with van der Waals surface area (Å²) in [6.07, 6.45) is 5.18. The molecule has 0 aromatic carbocycles. The molecule has 19 heavy (non-hydrogen) atoms. The predicted octanol–water partition coefficient (Wildman–Crippen LogP) is 1.77. The molecule has 0 aromatic rings. The summed E-state index contributed by atoms with van der Waals surface area (Å²) < 4.78 is 11.4. The Morgan fingerprint density at radius 1 is 1.32 bits per heavy atom. The van der Waals surface area contributed by atoms with Gasteiger partial charge >= 0.3 is 0 Å². The fourth-order valence-electron chi connectivity index (χ4n) is 3.07. The lowest BCUT2D eigenvalue weighted by molar-refractivity contribution is -0.171. The molecule has 108 valence electrons. The largest absolute Gasteiger partial charge is 0.389 e. The Morgan fingerprint density at radius 3 is 2.37 bits per heavy atom. The van der Waals surface area contributed by atoms with Crippen molar-refractivity contribution in [3.05, 3.63) is 23.8 Å². The number of hydrogen-bond donors (Lipinski definition) is 2. The highest BCUT2D eigenvalue weighted by atomic mass is 16.7. The van der Waals surface area contributed by atoms with Crippen molar-refractivity contribution in [1.82, 2.24) is 0 Å². The molecule has 1 aliphatic heterocycles. The van der Waals surface area contributed by atoms with Gasteiger partial charge in [-0.25, -0.2) is 0 Å². The summed E-state index contributed by atoms with van der Waals surface area (Å²) in [5.74, 6) is -0.696. The number of hydrogen-bond acceptors (Lipinski definition) is 4. The van der Waals surface area contributed by atoms with E-state index >= 15 is 0 Å². The van der Waals surface area contributed by atoms with Gasteiger partial charge in [-0.2, -0.15) is 0 Å². The molecule has 0 aromatic heterocycles. The molecular formula is C15H24O4. The molecular weight excluding hydrogens is 244 g/mol. The third-order valence-electron chi connectivity index (χ3n) is 4.15. The van der Waals surface area contributed by atoms with Gasteiger partial charge in [0.05, 0.1) is 19.3 Å². The van der Waals surface area contributed by atoms with E-state index in [0.29, 0.717) is 19.6 Å². The lowest BCUT2D eigenvalue weighted by Crippen LogP contribution is -2.53. The van der Waals surface area contributed by atoms with Crippen LogP contribution in [0.2, 0.25) is 0 Å². The minimum absolute atomic E-state index is 0.443. The van der Waals surface area contributed by atoms with Crippen molar-refractivity contribution in [1.29, 1.82) is 0 Å². The van der Waals surface area contributed by atoms with E-state index in [2.05, 4.69) is 0 Å². The molecule has 2 N–H and O–H groups in total. The van der Waals surface area contributed by atoms with Crippen molar-refractivity contribution in [2.75, 3.05) is 13.2 Å². The summed E-state index contributed by atoms with van der Waals surface area (Å²) in [6, 6.07) is 0. The van der Waals surface area contributed by atoms with Crippen molar-refractivity contribution < 1.29 is 19.7 Å².